The molecule has 0 aliphatic carbocycles. The van der Waals surface area contributed by atoms with Gasteiger partial charge in [-0.3, -0.25) is 4.79 Å². The molecule has 0 aliphatic rings. The van der Waals surface area contributed by atoms with E-state index in [2.05, 4.69) is 19.0 Å². The van der Waals surface area contributed by atoms with E-state index in [0.717, 1.165) is 11.7 Å². The molecule has 6 nitrogen and oxygen atoms in total. The molecule has 0 aliphatic heterocycles. The number of amides is 1. The lowest BCUT2D eigenvalue weighted by Crippen LogP contribution is -2.14. The normalized spacial score (nSPS) is 10.7. The van der Waals surface area contributed by atoms with E-state index >= 15 is 0 Å². The van der Waals surface area contributed by atoms with Gasteiger partial charge in [-0.1, -0.05) is 11.6 Å². The van der Waals surface area contributed by atoms with E-state index in [9.17, 15) is 4.79 Å². The van der Waals surface area contributed by atoms with Crippen LogP contribution in [0.25, 0.3) is 11.0 Å². The lowest BCUT2D eigenvalue weighted by molar-refractivity contribution is 0.102. The average Bonchev–Trinajstić information content (AvgIpc) is 2.91. The summed E-state index contributed by atoms with van der Waals surface area (Å²) in [5.41, 5.74) is 7.94. The van der Waals surface area contributed by atoms with Crippen molar-refractivity contribution < 1.29 is 4.79 Å². The van der Waals surface area contributed by atoms with Gasteiger partial charge in [0.15, 0.2) is 0 Å². The third-order valence-corrected chi connectivity index (χ3v) is 3.49. The highest BCUT2D eigenvalue weighted by Crippen LogP contribution is 2.30. The van der Waals surface area contributed by atoms with E-state index < -0.39 is 0 Å². The van der Waals surface area contributed by atoms with Crippen LogP contribution in [-0.4, -0.2) is 19.6 Å². The van der Waals surface area contributed by atoms with Crippen LogP contribution >= 0.6 is 23.3 Å². The molecule has 2 heterocycles. The van der Waals surface area contributed by atoms with Crippen molar-refractivity contribution >= 4 is 51.6 Å². The summed E-state index contributed by atoms with van der Waals surface area (Å²) in [7, 11) is 0. The number of carbonyl (C=O) groups excluding carboxylic acids is 1. The maximum atomic E-state index is 12.1. The summed E-state index contributed by atoms with van der Waals surface area (Å²) in [6, 6.07) is 6.56. The Morgan fingerprint density at radius 2 is 2.10 bits per heavy atom. The highest BCUT2D eigenvalue weighted by atomic mass is 35.5. The summed E-state index contributed by atoms with van der Waals surface area (Å²) in [6.07, 6.45) is 1.42. The second-order valence-electron chi connectivity index (χ2n) is 3.99. The molecule has 0 saturated heterocycles. The molecule has 0 unspecified atom stereocenters. The van der Waals surface area contributed by atoms with E-state index in [1.165, 1.54) is 12.3 Å². The van der Waals surface area contributed by atoms with Crippen molar-refractivity contribution in [1.82, 2.24) is 13.7 Å². The van der Waals surface area contributed by atoms with Crippen LogP contribution in [0, 0.1) is 0 Å². The van der Waals surface area contributed by atoms with E-state index in [-0.39, 0.29) is 11.6 Å². The van der Waals surface area contributed by atoms with Crippen LogP contribution in [0.5, 0.6) is 0 Å². The molecule has 100 valence electrons. The molecule has 3 rings (SSSR count). The van der Waals surface area contributed by atoms with Gasteiger partial charge in [-0.2, -0.15) is 8.75 Å². The lowest BCUT2D eigenvalue weighted by atomic mass is 10.2. The highest BCUT2D eigenvalue weighted by molar-refractivity contribution is 7.00. The number of nitrogen functional groups attached to an aromatic ring is 1. The Morgan fingerprint density at radius 3 is 2.85 bits per heavy atom. The van der Waals surface area contributed by atoms with E-state index in [4.69, 9.17) is 17.3 Å². The smallest absolute Gasteiger partial charge is 0.274 e. The molecule has 0 saturated carbocycles. The number of hydrogen-bond donors (Lipinski definition) is 2. The molecule has 1 aromatic carbocycles. The van der Waals surface area contributed by atoms with Crippen LogP contribution in [0.2, 0.25) is 5.02 Å². The fraction of sp³-hybridized carbons (Fsp3) is 0. The van der Waals surface area contributed by atoms with Gasteiger partial charge in [0.25, 0.3) is 5.91 Å². The molecule has 2 aromatic heterocycles. The Balaban J connectivity index is 1.96. The fourth-order valence-corrected chi connectivity index (χ4v) is 2.41. The third kappa shape index (κ3) is 2.28. The standard InChI is InChI=1S/C12H8ClN5OS/c13-7-2-4-8-11(18-20-17-8)10(7)16-12(19)9-3-1-6(14)5-15-9/h1-5H,14H2,(H,16,19). The number of fused-ring (bicyclic) bond motifs is 1. The van der Waals surface area contributed by atoms with Crippen molar-refractivity contribution in [2.45, 2.75) is 0 Å². The number of nitrogens with one attached hydrogen (secondary N) is 1. The molecule has 0 atom stereocenters. The molecule has 8 heteroatoms. The summed E-state index contributed by atoms with van der Waals surface area (Å²) in [4.78, 5) is 16.1. The predicted molar refractivity (Wildman–Crippen MR) is 79.0 cm³/mol. The molecule has 20 heavy (non-hydrogen) atoms. The zero-order chi connectivity index (χ0) is 14.1. The maximum Gasteiger partial charge on any atom is 0.274 e. The number of carbonyl (C=O) groups is 1. The van der Waals surface area contributed by atoms with Crippen molar-refractivity contribution in [3.63, 3.8) is 0 Å². The molecule has 3 N–H and O–H groups in total. The van der Waals surface area contributed by atoms with Gasteiger partial charge in [-0.05, 0) is 24.3 Å². The van der Waals surface area contributed by atoms with Crippen LogP contribution in [0.15, 0.2) is 30.5 Å². The molecule has 0 fully saturated rings. The van der Waals surface area contributed by atoms with Crippen LogP contribution < -0.4 is 11.1 Å². The first-order valence-corrected chi connectivity index (χ1v) is 6.69. The Morgan fingerprint density at radius 1 is 1.25 bits per heavy atom. The van der Waals surface area contributed by atoms with Gasteiger partial charge in [-0.25, -0.2) is 4.98 Å². The predicted octanol–water partition coefficient (Wildman–Crippen LogP) is 2.57. The molecular weight excluding hydrogens is 298 g/mol. The van der Waals surface area contributed by atoms with Gasteiger partial charge in [0.2, 0.25) is 0 Å². The van der Waals surface area contributed by atoms with E-state index in [1.807, 2.05) is 0 Å². The van der Waals surface area contributed by atoms with Crippen LogP contribution in [0.1, 0.15) is 10.5 Å². The van der Waals surface area contributed by atoms with Crippen LogP contribution in [0.4, 0.5) is 11.4 Å². The first-order chi connectivity index (χ1) is 9.65. The quantitative estimate of drug-likeness (QED) is 0.759. The van der Waals surface area contributed by atoms with Crippen molar-refractivity contribution in [2.75, 3.05) is 11.1 Å². The number of nitrogens with zero attached hydrogens (tertiary/aromatic N) is 3. The Labute approximate surface area is 122 Å². The Hall–Kier alpha value is -2.25. The minimum absolute atomic E-state index is 0.246. The monoisotopic (exact) mass is 305 g/mol. The van der Waals surface area contributed by atoms with Crippen molar-refractivity contribution in [1.29, 1.82) is 0 Å². The summed E-state index contributed by atoms with van der Waals surface area (Å²) >= 11 is 7.16. The summed E-state index contributed by atoms with van der Waals surface area (Å²) in [5, 5.41) is 3.10. The average molecular weight is 306 g/mol. The molecule has 1 amide bonds. The Kier molecular flexibility index (Phi) is 3.21. The number of hydrogen-bond acceptors (Lipinski definition) is 6. The van der Waals surface area contributed by atoms with Crippen molar-refractivity contribution in [3.05, 3.63) is 41.2 Å². The number of rotatable bonds is 2. The maximum absolute atomic E-state index is 12.1. The van der Waals surface area contributed by atoms with Crippen molar-refractivity contribution in [3.8, 4) is 0 Å². The highest BCUT2D eigenvalue weighted by Gasteiger charge is 2.14. The number of halogens is 1. The molecule has 0 radical (unpaired) electrons. The first-order valence-electron chi connectivity index (χ1n) is 5.59. The van der Waals surface area contributed by atoms with Crippen LogP contribution in [-0.2, 0) is 0 Å². The van der Waals surface area contributed by atoms with Gasteiger partial charge in [0.1, 0.15) is 16.7 Å². The van der Waals surface area contributed by atoms with Gasteiger partial charge in [-0.15, -0.1) is 0 Å². The lowest BCUT2D eigenvalue weighted by Gasteiger charge is -2.07. The zero-order valence-electron chi connectivity index (χ0n) is 10.0. The summed E-state index contributed by atoms with van der Waals surface area (Å²) in [6.45, 7) is 0. The number of aromatic nitrogens is 3. The summed E-state index contributed by atoms with van der Waals surface area (Å²) in [5.74, 6) is -0.382. The van der Waals surface area contributed by atoms with E-state index in [1.54, 1.807) is 18.2 Å². The number of benzene rings is 1. The summed E-state index contributed by atoms with van der Waals surface area (Å²) < 4.78 is 8.23. The van der Waals surface area contributed by atoms with Gasteiger partial charge < -0.3 is 11.1 Å². The SMILES string of the molecule is Nc1ccc(C(=O)Nc2c(Cl)ccc3nsnc23)nc1. The second kappa shape index (κ2) is 5.03. The minimum Gasteiger partial charge on any atom is -0.397 e. The van der Waals surface area contributed by atoms with Crippen LogP contribution in [0.3, 0.4) is 0 Å². The largest absolute Gasteiger partial charge is 0.397 e. The zero-order valence-corrected chi connectivity index (χ0v) is 11.6. The molecule has 0 spiro atoms. The molecule has 3 aromatic rings. The second-order valence-corrected chi connectivity index (χ2v) is 4.92. The fourth-order valence-electron chi connectivity index (χ4n) is 1.66. The topological polar surface area (TPSA) is 93.8 Å². The minimum atomic E-state index is -0.382. The van der Waals surface area contributed by atoms with Gasteiger partial charge >= 0.3 is 0 Å². The van der Waals surface area contributed by atoms with Crippen molar-refractivity contribution in [2.24, 2.45) is 0 Å². The number of anilines is 2. The Bertz CT molecular complexity index is 786. The first kappa shape index (κ1) is 12.8. The molecular formula is C12H8ClN5OS. The van der Waals surface area contributed by atoms with Gasteiger partial charge in [0, 0.05) is 0 Å². The third-order valence-electron chi connectivity index (χ3n) is 2.63. The number of pyridine rings is 1. The van der Waals surface area contributed by atoms with E-state index in [0.29, 0.717) is 27.4 Å². The molecule has 0 bridgehead atoms. The van der Waals surface area contributed by atoms with Gasteiger partial charge in [0.05, 0.1) is 34.3 Å². The number of nitrogens with two attached hydrogens (primary N) is 1.